The van der Waals surface area contributed by atoms with Crippen LogP contribution in [-0.4, -0.2) is 23.8 Å². The van der Waals surface area contributed by atoms with E-state index < -0.39 is 5.97 Å². The van der Waals surface area contributed by atoms with Crippen LogP contribution in [0.15, 0.2) is 0 Å². The van der Waals surface area contributed by atoms with E-state index in [2.05, 4.69) is 6.92 Å². The molecule has 84 valence electrons. The number of ether oxygens (including phenoxy) is 1. The minimum Gasteiger partial charge on any atom is -0.481 e. The molecule has 2 unspecified atom stereocenters. The Morgan fingerprint density at radius 2 is 1.79 bits per heavy atom. The molecule has 1 N–H and O–H groups in total. The minimum absolute atomic E-state index is 0.239. The molecule has 0 fully saturated rings. The normalized spacial score (nSPS) is 15.5. The lowest BCUT2D eigenvalue weighted by Crippen LogP contribution is -2.14. The molecule has 0 aliphatic carbocycles. The number of hydrogen-bond acceptors (Lipinski definition) is 2. The zero-order chi connectivity index (χ0) is 11.1. The molecule has 0 heterocycles. The van der Waals surface area contributed by atoms with Gasteiger partial charge in [0.15, 0.2) is 0 Å². The van der Waals surface area contributed by atoms with Crippen LogP contribution in [0.4, 0.5) is 0 Å². The van der Waals surface area contributed by atoms with Gasteiger partial charge in [0.05, 0.1) is 12.0 Å². The summed E-state index contributed by atoms with van der Waals surface area (Å²) in [7, 11) is 0. The van der Waals surface area contributed by atoms with E-state index in [9.17, 15) is 4.79 Å². The van der Waals surface area contributed by atoms with E-state index in [-0.39, 0.29) is 12.0 Å². The van der Waals surface area contributed by atoms with E-state index in [1.54, 1.807) is 6.92 Å². The molecule has 3 heteroatoms. The summed E-state index contributed by atoms with van der Waals surface area (Å²) in [6, 6.07) is 0. The van der Waals surface area contributed by atoms with Crippen LogP contribution < -0.4 is 0 Å². The van der Waals surface area contributed by atoms with E-state index in [1.807, 2.05) is 13.8 Å². The smallest absolute Gasteiger partial charge is 0.306 e. The molecule has 0 saturated carbocycles. The van der Waals surface area contributed by atoms with Crippen molar-refractivity contribution in [2.75, 3.05) is 6.61 Å². The van der Waals surface area contributed by atoms with Crippen molar-refractivity contribution in [2.45, 2.75) is 46.6 Å². The Morgan fingerprint density at radius 1 is 1.21 bits per heavy atom. The fourth-order valence-electron chi connectivity index (χ4n) is 1.10. The number of rotatable bonds is 7. The summed E-state index contributed by atoms with van der Waals surface area (Å²) in [4.78, 5) is 10.5. The summed E-state index contributed by atoms with van der Waals surface area (Å²) in [5, 5.41) is 8.68. The maximum Gasteiger partial charge on any atom is 0.306 e. The fourth-order valence-corrected chi connectivity index (χ4v) is 1.10. The average molecular weight is 202 g/mol. The SMILES string of the molecule is CC(CCC(C)C(=O)O)COC(C)C. The molecule has 14 heavy (non-hydrogen) atoms. The second-order valence-corrected chi connectivity index (χ2v) is 4.30. The lowest BCUT2D eigenvalue weighted by Gasteiger charge is -2.15. The molecule has 0 aliphatic heterocycles. The van der Waals surface area contributed by atoms with Crippen molar-refractivity contribution in [3.8, 4) is 0 Å². The Morgan fingerprint density at radius 3 is 2.21 bits per heavy atom. The van der Waals surface area contributed by atoms with Gasteiger partial charge in [-0.05, 0) is 32.6 Å². The quantitative estimate of drug-likeness (QED) is 0.690. The van der Waals surface area contributed by atoms with Gasteiger partial charge in [-0.1, -0.05) is 13.8 Å². The summed E-state index contributed by atoms with van der Waals surface area (Å²) in [5.41, 5.74) is 0. The highest BCUT2D eigenvalue weighted by atomic mass is 16.5. The van der Waals surface area contributed by atoms with E-state index in [0.717, 1.165) is 19.4 Å². The van der Waals surface area contributed by atoms with Gasteiger partial charge in [-0.3, -0.25) is 4.79 Å². The first-order valence-corrected chi connectivity index (χ1v) is 5.27. The Bertz CT molecular complexity index is 166. The third-order valence-corrected chi connectivity index (χ3v) is 2.23. The van der Waals surface area contributed by atoms with Crippen molar-refractivity contribution in [1.29, 1.82) is 0 Å². The largest absolute Gasteiger partial charge is 0.481 e. The Kier molecular flexibility index (Phi) is 6.54. The summed E-state index contributed by atoms with van der Waals surface area (Å²) in [5.74, 6) is -0.502. The van der Waals surface area contributed by atoms with Crippen molar-refractivity contribution in [1.82, 2.24) is 0 Å². The topological polar surface area (TPSA) is 46.5 Å². The number of carbonyl (C=O) groups is 1. The zero-order valence-corrected chi connectivity index (χ0v) is 9.62. The Balaban J connectivity index is 3.53. The zero-order valence-electron chi connectivity index (χ0n) is 9.62. The molecule has 2 atom stereocenters. The van der Waals surface area contributed by atoms with Crippen LogP contribution in [0.3, 0.4) is 0 Å². The molecule has 0 spiro atoms. The third kappa shape index (κ3) is 6.89. The van der Waals surface area contributed by atoms with Crippen LogP contribution in [0, 0.1) is 11.8 Å². The molecular formula is C11H22O3. The van der Waals surface area contributed by atoms with E-state index in [1.165, 1.54) is 0 Å². The molecule has 0 aliphatic rings. The first-order chi connectivity index (χ1) is 6.43. The first kappa shape index (κ1) is 13.4. The van der Waals surface area contributed by atoms with Crippen LogP contribution in [0.25, 0.3) is 0 Å². The molecule has 0 aromatic rings. The summed E-state index contributed by atoms with van der Waals surface area (Å²) >= 11 is 0. The monoisotopic (exact) mass is 202 g/mol. The second-order valence-electron chi connectivity index (χ2n) is 4.30. The second kappa shape index (κ2) is 6.82. The van der Waals surface area contributed by atoms with Crippen molar-refractivity contribution < 1.29 is 14.6 Å². The summed E-state index contributed by atoms with van der Waals surface area (Å²) in [6.07, 6.45) is 1.91. The van der Waals surface area contributed by atoms with E-state index in [4.69, 9.17) is 9.84 Å². The maximum atomic E-state index is 10.5. The van der Waals surface area contributed by atoms with Gasteiger partial charge >= 0.3 is 5.97 Å². The van der Waals surface area contributed by atoms with E-state index >= 15 is 0 Å². The van der Waals surface area contributed by atoms with Gasteiger partial charge in [0.1, 0.15) is 0 Å². The van der Waals surface area contributed by atoms with Crippen LogP contribution in [0.1, 0.15) is 40.5 Å². The van der Waals surface area contributed by atoms with Gasteiger partial charge in [0, 0.05) is 6.61 Å². The highest BCUT2D eigenvalue weighted by molar-refractivity contribution is 5.69. The van der Waals surface area contributed by atoms with Gasteiger partial charge < -0.3 is 9.84 Å². The fraction of sp³-hybridized carbons (Fsp3) is 0.909. The Labute approximate surface area is 86.5 Å². The van der Waals surface area contributed by atoms with Gasteiger partial charge in [0.2, 0.25) is 0 Å². The molecule has 0 rings (SSSR count). The summed E-state index contributed by atoms with van der Waals surface area (Å²) in [6.45, 7) is 8.58. The molecule has 3 nitrogen and oxygen atoms in total. The van der Waals surface area contributed by atoms with Crippen molar-refractivity contribution in [3.63, 3.8) is 0 Å². The standard InChI is InChI=1S/C11H22O3/c1-8(2)14-7-9(3)5-6-10(4)11(12)13/h8-10H,5-7H2,1-4H3,(H,12,13). The van der Waals surface area contributed by atoms with Crippen molar-refractivity contribution in [3.05, 3.63) is 0 Å². The highest BCUT2D eigenvalue weighted by Gasteiger charge is 2.12. The third-order valence-electron chi connectivity index (χ3n) is 2.23. The molecule has 0 bridgehead atoms. The van der Waals surface area contributed by atoms with Gasteiger partial charge in [-0.2, -0.15) is 0 Å². The number of carboxylic acid groups (broad SMARTS) is 1. The Hall–Kier alpha value is -0.570. The molecule has 0 aromatic carbocycles. The summed E-state index contributed by atoms with van der Waals surface area (Å²) < 4.78 is 5.45. The predicted octanol–water partition coefficient (Wildman–Crippen LogP) is 2.55. The van der Waals surface area contributed by atoms with Crippen LogP contribution in [-0.2, 0) is 9.53 Å². The molecule has 0 saturated heterocycles. The average Bonchev–Trinajstić information content (AvgIpc) is 2.10. The lowest BCUT2D eigenvalue weighted by atomic mass is 9.99. The number of carboxylic acids is 1. The van der Waals surface area contributed by atoms with Crippen molar-refractivity contribution in [2.24, 2.45) is 11.8 Å². The van der Waals surface area contributed by atoms with E-state index in [0.29, 0.717) is 5.92 Å². The van der Waals surface area contributed by atoms with Crippen LogP contribution in [0.2, 0.25) is 0 Å². The number of hydrogen-bond donors (Lipinski definition) is 1. The van der Waals surface area contributed by atoms with Gasteiger partial charge in [0.25, 0.3) is 0 Å². The molecule has 0 amide bonds. The lowest BCUT2D eigenvalue weighted by molar-refractivity contribution is -0.141. The van der Waals surface area contributed by atoms with Crippen LogP contribution >= 0.6 is 0 Å². The van der Waals surface area contributed by atoms with Gasteiger partial charge in [-0.15, -0.1) is 0 Å². The molecule has 0 radical (unpaired) electrons. The number of aliphatic carboxylic acids is 1. The van der Waals surface area contributed by atoms with Gasteiger partial charge in [-0.25, -0.2) is 0 Å². The van der Waals surface area contributed by atoms with Crippen LogP contribution in [0.5, 0.6) is 0 Å². The minimum atomic E-state index is -0.707. The van der Waals surface area contributed by atoms with Crippen molar-refractivity contribution >= 4 is 5.97 Å². The molecule has 0 aromatic heterocycles. The highest BCUT2D eigenvalue weighted by Crippen LogP contribution is 2.13. The molecular weight excluding hydrogens is 180 g/mol. The first-order valence-electron chi connectivity index (χ1n) is 5.27. The predicted molar refractivity (Wildman–Crippen MR) is 56.3 cm³/mol. The maximum absolute atomic E-state index is 10.5.